The largest absolute Gasteiger partial charge is 0.505 e. The lowest BCUT2D eigenvalue weighted by Gasteiger charge is -2.10. The van der Waals surface area contributed by atoms with Crippen molar-refractivity contribution in [1.82, 2.24) is 4.98 Å². The molecule has 1 heterocycles. The third-order valence-electron chi connectivity index (χ3n) is 2.26. The predicted molar refractivity (Wildman–Crippen MR) is 78.2 cm³/mol. The summed E-state index contributed by atoms with van der Waals surface area (Å²) in [6.07, 6.45) is 1.24. The molecule has 0 amide bonds. The highest BCUT2D eigenvalue weighted by atomic mass is 35.5. The number of aromatic nitrogens is 1. The summed E-state index contributed by atoms with van der Waals surface area (Å²) >= 11 is 17.0. The molecule has 0 atom stereocenters. The lowest BCUT2D eigenvalue weighted by Crippen LogP contribution is -2.13. The number of sulfonamides is 1. The number of hydrogen-bond donors (Lipinski definition) is 2. The summed E-state index contributed by atoms with van der Waals surface area (Å²) in [6, 6.07) is 5.18. The van der Waals surface area contributed by atoms with E-state index in [1.165, 1.54) is 24.4 Å². The monoisotopic (exact) mass is 352 g/mol. The lowest BCUT2D eigenvalue weighted by molar-refractivity contribution is 0.459. The molecule has 106 valence electrons. The van der Waals surface area contributed by atoms with Crippen LogP contribution < -0.4 is 4.72 Å². The van der Waals surface area contributed by atoms with Crippen molar-refractivity contribution in [1.29, 1.82) is 0 Å². The summed E-state index contributed by atoms with van der Waals surface area (Å²) < 4.78 is 26.6. The van der Waals surface area contributed by atoms with Crippen molar-refractivity contribution >= 4 is 50.5 Å². The van der Waals surface area contributed by atoms with Gasteiger partial charge < -0.3 is 5.11 Å². The summed E-state index contributed by atoms with van der Waals surface area (Å²) in [5.74, 6) is -0.578. The fraction of sp³-hybridized carbons (Fsp3) is 0. The van der Waals surface area contributed by atoms with E-state index in [0.29, 0.717) is 0 Å². The van der Waals surface area contributed by atoms with Crippen LogP contribution in [0.2, 0.25) is 15.2 Å². The number of nitrogens with one attached hydrogen (secondary N) is 1. The standard InChI is InChI=1S/C11H7Cl3N2O3S/c12-6-3-8(13)11(17)9(4-6)20(18,19)16-7-1-2-10(14)15-5-7/h1-5,16-17H. The van der Waals surface area contributed by atoms with E-state index in [-0.39, 0.29) is 20.9 Å². The van der Waals surface area contributed by atoms with Gasteiger partial charge in [-0.25, -0.2) is 13.4 Å². The Balaban J connectivity index is 2.43. The van der Waals surface area contributed by atoms with E-state index >= 15 is 0 Å². The van der Waals surface area contributed by atoms with E-state index in [1.54, 1.807) is 0 Å². The molecule has 0 aliphatic carbocycles. The zero-order valence-electron chi connectivity index (χ0n) is 9.64. The number of pyridine rings is 1. The summed E-state index contributed by atoms with van der Waals surface area (Å²) in [5, 5.41) is 9.88. The van der Waals surface area contributed by atoms with E-state index in [0.717, 1.165) is 6.07 Å². The van der Waals surface area contributed by atoms with Crippen molar-refractivity contribution in [2.75, 3.05) is 4.72 Å². The van der Waals surface area contributed by atoms with Crippen LogP contribution in [0.1, 0.15) is 0 Å². The third-order valence-corrected chi connectivity index (χ3v) is 4.39. The average Bonchev–Trinajstić information content (AvgIpc) is 2.36. The van der Waals surface area contributed by atoms with Crippen LogP contribution in [0.4, 0.5) is 5.69 Å². The lowest BCUT2D eigenvalue weighted by atomic mass is 10.3. The van der Waals surface area contributed by atoms with Gasteiger partial charge in [-0.05, 0) is 24.3 Å². The minimum absolute atomic E-state index is 0.0856. The van der Waals surface area contributed by atoms with Crippen LogP contribution >= 0.6 is 34.8 Å². The van der Waals surface area contributed by atoms with Gasteiger partial charge in [-0.15, -0.1) is 0 Å². The van der Waals surface area contributed by atoms with Crippen LogP contribution in [0.3, 0.4) is 0 Å². The number of anilines is 1. The second-order valence-electron chi connectivity index (χ2n) is 3.71. The van der Waals surface area contributed by atoms with Crippen molar-refractivity contribution in [2.45, 2.75) is 4.90 Å². The summed E-state index contributed by atoms with van der Waals surface area (Å²) in [4.78, 5) is 3.31. The first-order valence-corrected chi connectivity index (χ1v) is 7.74. The Hall–Kier alpha value is -1.21. The van der Waals surface area contributed by atoms with Crippen molar-refractivity contribution in [3.63, 3.8) is 0 Å². The minimum atomic E-state index is -4.05. The molecule has 20 heavy (non-hydrogen) atoms. The predicted octanol–water partition coefficient (Wildman–Crippen LogP) is 3.55. The highest BCUT2D eigenvalue weighted by Crippen LogP contribution is 2.34. The molecule has 0 fully saturated rings. The minimum Gasteiger partial charge on any atom is -0.505 e. The number of halogens is 3. The van der Waals surface area contributed by atoms with Gasteiger partial charge in [0.2, 0.25) is 0 Å². The van der Waals surface area contributed by atoms with Gasteiger partial charge in [0.25, 0.3) is 10.0 Å². The Morgan fingerprint density at radius 2 is 1.85 bits per heavy atom. The average molecular weight is 354 g/mol. The Labute approximate surface area is 130 Å². The van der Waals surface area contributed by atoms with E-state index in [1.807, 2.05) is 0 Å². The second kappa shape index (κ2) is 5.65. The van der Waals surface area contributed by atoms with Crippen LogP contribution in [0, 0.1) is 0 Å². The van der Waals surface area contributed by atoms with Crippen LogP contribution in [0.25, 0.3) is 0 Å². The molecule has 9 heteroatoms. The highest BCUT2D eigenvalue weighted by Gasteiger charge is 2.21. The molecule has 2 aromatic rings. The molecule has 0 unspecified atom stereocenters. The molecule has 2 rings (SSSR count). The molecular weight excluding hydrogens is 347 g/mol. The Kier molecular flexibility index (Phi) is 4.29. The van der Waals surface area contributed by atoms with Crippen molar-refractivity contribution in [3.8, 4) is 5.75 Å². The molecule has 0 aliphatic rings. The Morgan fingerprint density at radius 3 is 2.45 bits per heavy atom. The summed E-state index contributed by atoms with van der Waals surface area (Å²) in [7, 11) is -4.05. The van der Waals surface area contributed by atoms with E-state index in [4.69, 9.17) is 34.8 Å². The maximum Gasteiger partial charge on any atom is 0.265 e. The quantitative estimate of drug-likeness (QED) is 0.827. The molecule has 2 N–H and O–H groups in total. The number of benzene rings is 1. The molecule has 0 bridgehead atoms. The fourth-order valence-corrected chi connectivity index (χ4v) is 3.31. The number of aromatic hydroxyl groups is 1. The maximum absolute atomic E-state index is 12.2. The normalized spacial score (nSPS) is 11.3. The number of nitrogens with zero attached hydrogens (tertiary/aromatic N) is 1. The Morgan fingerprint density at radius 1 is 1.15 bits per heavy atom. The highest BCUT2D eigenvalue weighted by molar-refractivity contribution is 7.92. The smallest absolute Gasteiger partial charge is 0.265 e. The van der Waals surface area contributed by atoms with Crippen molar-refractivity contribution in [2.24, 2.45) is 0 Å². The number of rotatable bonds is 3. The van der Waals surface area contributed by atoms with Gasteiger partial charge in [0.1, 0.15) is 10.0 Å². The number of phenols is 1. The zero-order valence-corrected chi connectivity index (χ0v) is 12.7. The first-order chi connectivity index (χ1) is 9.29. The number of phenolic OH excluding ortho intramolecular Hbond substituents is 1. The molecule has 1 aromatic carbocycles. The van der Waals surface area contributed by atoms with Crippen LogP contribution in [0.5, 0.6) is 5.75 Å². The molecule has 0 saturated carbocycles. The first kappa shape index (κ1) is 15.2. The molecule has 0 aliphatic heterocycles. The van der Waals surface area contributed by atoms with Gasteiger partial charge in [0.15, 0.2) is 5.75 Å². The molecule has 0 spiro atoms. The van der Waals surface area contributed by atoms with Gasteiger partial charge in [0.05, 0.1) is 16.9 Å². The third kappa shape index (κ3) is 3.27. The van der Waals surface area contributed by atoms with Gasteiger partial charge in [-0.1, -0.05) is 34.8 Å². The van der Waals surface area contributed by atoms with Crippen LogP contribution in [0.15, 0.2) is 35.4 Å². The zero-order chi connectivity index (χ0) is 14.9. The van der Waals surface area contributed by atoms with Gasteiger partial charge in [-0.3, -0.25) is 4.72 Å². The van der Waals surface area contributed by atoms with Crippen LogP contribution in [-0.2, 0) is 10.0 Å². The van der Waals surface area contributed by atoms with Crippen molar-refractivity contribution in [3.05, 3.63) is 45.7 Å². The van der Waals surface area contributed by atoms with E-state index < -0.39 is 20.7 Å². The summed E-state index contributed by atoms with van der Waals surface area (Å²) in [5.41, 5.74) is 0.185. The topological polar surface area (TPSA) is 79.3 Å². The molecular formula is C11H7Cl3N2O3S. The van der Waals surface area contributed by atoms with E-state index in [2.05, 4.69) is 9.71 Å². The van der Waals surface area contributed by atoms with Crippen molar-refractivity contribution < 1.29 is 13.5 Å². The molecule has 1 aromatic heterocycles. The van der Waals surface area contributed by atoms with Gasteiger partial charge >= 0.3 is 0 Å². The molecule has 0 saturated heterocycles. The van der Waals surface area contributed by atoms with Gasteiger partial charge in [0, 0.05) is 5.02 Å². The molecule has 5 nitrogen and oxygen atoms in total. The van der Waals surface area contributed by atoms with Gasteiger partial charge in [-0.2, -0.15) is 0 Å². The SMILES string of the molecule is O=S(=O)(Nc1ccc(Cl)nc1)c1cc(Cl)cc(Cl)c1O. The number of hydrogen-bond acceptors (Lipinski definition) is 4. The Bertz CT molecular complexity index is 748. The second-order valence-corrected chi connectivity index (χ2v) is 6.59. The summed E-state index contributed by atoms with van der Waals surface area (Å²) in [6.45, 7) is 0. The van der Waals surface area contributed by atoms with Crippen LogP contribution in [-0.4, -0.2) is 18.5 Å². The fourth-order valence-electron chi connectivity index (χ4n) is 1.39. The molecule has 0 radical (unpaired) electrons. The maximum atomic E-state index is 12.2. The first-order valence-electron chi connectivity index (χ1n) is 5.12. The van der Waals surface area contributed by atoms with E-state index in [9.17, 15) is 13.5 Å².